The molecule has 0 saturated heterocycles. The van der Waals surface area contributed by atoms with E-state index in [4.69, 9.17) is 11.6 Å². The number of nitrogens with zero attached hydrogens (tertiary/aromatic N) is 2. The molecule has 0 radical (unpaired) electrons. The van der Waals surface area contributed by atoms with Crippen LogP contribution in [0.5, 0.6) is 0 Å². The molecule has 25 heavy (non-hydrogen) atoms. The monoisotopic (exact) mass is 377 g/mol. The van der Waals surface area contributed by atoms with Gasteiger partial charge < -0.3 is 5.32 Å². The third-order valence-electron chi connectivity index (χ3n) is 3.44. The van der Waals surface area contributed by atoms with Crippen molar-refractivity contribution < 1.29 is 9.59 Å². The van der Waals surface area contributed by atoms with Gasteiger partial charge in [-0.05, 0) is 24.5 Å². The number of rotatable bonds is 5. The molecule has 0 aliphatic rings. The Morgan fingerprint density at radius 3 is 2.60 bits per heavy atom. The quantitative estimate of drug-likeness (QED) is 0.478. The van der Waals surface area contributed by atoms with Crippen molar-refractivity contribution in [3.8, 4) is 0 Å². The van der Waals surface area contributed by atoms with Crippen LogP contribution in [0.3, 0.4) is 0 Å². The number of carbonyl (C=O) groups excluding carboxylic acids is 2. The van der Waals surface area contributed by atoms with Gasteiger partial charge in [0, 0.05) is 17.2 Å². The molecule has 0 aliphatic heterocycles. The van der Waals surface area contributed by atoms with E-state index in [0.29, 0.717) is 22.1 Å². The Labute approximate surface area is 156 Å². The largest absolute Gasteiger partial charge is 0.324 e. The first kappa shape index (κ1) is 19.4. The summed E-state index contributed by atoms with van der Waals surface area (Å²) in [5.74, 6) is -0.331. The lowest BCUT2D eigenvalue weighted by Gasteiger charge is -2.19. The van der Waals surface area contributed by atoms with Crippen LogP contribution in [-0.2, 0) is 11.2 Å². The molecule has 1 amide bonds. The summed E-state index contributed by atoms with van der Waals surface area (Å²) in [5.41, 5.74) is 0.862. The molecule has 1 N–H and O–H groups in total. The lowest BCUT2D eigenvalue weighted by Crippen LogP contribution is -2.27. The summed E-state index contributed by atoms with van der Waals surface area (Å²) in [6.45, 7) is 5.43. The fourth-order valence-corrected chi connectivity index (χ4v) is 2.64. The second-order valence-electron chi connectivity index (χ2n) is 6.51. The maximum atomic E-state index is 12.6. The number of thioether (sulfide) groups is 1. The van der Waals surface area contributed by atoms with E-state index in [1.54, 1.807) is 30.5 Å². The number of hydrogen-bond donors (Lipinski definition) is 1. The lowest BCUT2D eigenvalue weighted by molar-refractivity contribution is -0.123. The average molecular weight is 378 g/mol. The van der Waals surface area contributed by atoms with Crippen LogP contribution < -0.4 is 5.32 Å². The number of benzene rings is 1. The topological polar surface area (TPSA) is 72.0 Å². The molecule has 1 heterocycles. The van der Waals surface area contributed by atoms with Crippen molar-refractivity contribution in [2.45, 2.75) is 32.3 Å². The van der Waals surface area contributed by atoms with Gasteiger partial charge >= 0.3 is 0 Å². The molecule has 0 aliphatic carbocycles. The number of halogens is 1. The molecule has 1 aromatic carbocycles. The van der Waals surface area contributed by atoms with Crippen LogP contribution >= 0.6 is 23.4 Å². The summed E-state index contributed by atoms with van der Waals surface area (Å²) in [5, 5.41) is 3.63. The Morgan fingerprint density at radius 1 is 1.24 bits per heavy atom. The number of aromatic nitrogens is 2. The first-order valence-corrected chi connectivity index (χ1v) is 9.31. The number of Topliss-reactive ketones (excluding diaryl/α,β-unsaturated/α-hetero) is 1. The molecule has 0 atom stereocenters. The van der Waals surface area contributed by atoms with Crippen molar-refractivity contribution in [1.82, 2.24) is 9.97 Å². The minimum absolute atomic E-state index is 0.118. The Morgan fingerprint density at radius 2 is 1.96 bits per heavy atom. The van der Waals surface area contributed by atoms with Crippen molar-refractivity contribution in [1.29, 1.82) is 0 Å². The smallest absolute Gasteiger partial charge is 0.229 e. The van der Waals surface area contributed by atoms with E-state index in [1.807, 2.05) is 27.0 Å². The zero-order valence-electron chi connectivity index (χ0n) is 14.6. The SMILES string of the molecule is CSc1nccc(CC(=O)c2cccc(NC(=O)C(C)(C)C)c2Cl)n1. The molecule has 0 unspecified atom stereocenters. The highest BCUT2D eigenvalue weighted by Crippen LogP contribution is 2.28. The molecule has 7 heteroatoms. The summed E-state index contributed by atoms with van der Waals surface area (Å²) >= 11 is 7.76. The number of nitrogens with one attached hydrogen (secondary N) is 1. The highest BCUT2D eigenvalue weighted by atomic mass is 35.5. The first-order valence-electron chi connectivity index (χ1n) is 7.71. The lowest BCUT2D eigenvalue weighted by atomic mass is 9.95. The highest BCUT2D eigenvalue weighted by molar-refractivity contribution is 7.98. The standard InChI is InChI=1S/C18H20ClN3O2S/c1-18(2,3)16(24)22-13-7-5-6-12(15(13)19)14(23)10-11-8-9-20-17(21-11)25-4/h5-9H,10H2,1-4H3,(H,22,24). The van der Waals surface area contributed by atoms with Gasteiger partial charge in [-0.2, -0.15) is 0 Å². The van der Waals surface area contributed by atoms with Crippen molar-refractivity contribution in [2.75, 3.05) is 11.6 Å². The van der Waals surface area contributed by atoms with Crippen molar-refractivity contribution >= 4 is 40.7 Å². The van der Waals surface area contributed by atoms with Gasteiger partial charge in [0.15, 0.2) is 10.9 Å². The molecule has 132 valence electrons. The van der Waals surface area contributed by atoms with Gasteiger partial charge in [-0.1, -0.05) is 50.2 Å². The van der Waals surface area contributed by atoms with Gasteiger partial charge in [0.2, 0.25) is 5.91 Å². The zero-order valence-corrected chi connectivity index (χ0v) is 16.2. The van der Waals surface area contributed by atoms with Crippen LogP contribution in [0, 0.1) is 5.41 Å². The van der Waals surface area contributed by atoms with Crippen molar-refractivity contribution in [3.05, 3.63) is 46.7 Å². The number of ketones is 1. The average Bonchev–Trinajstić information content (AvgIpc) is 2.55. The fraction of sp³-hybridized carbons (Fsp3) is 0.333. The predicted octanol–water partition coefficient (Wildman–Crippen LogP) is 4.26. The van der Waals surface area contributed by atoms with Crippen molar-refractivity contribution in [2.24, 2.45) is 5.41 Å². The van der Waals surface area contributed by atoms with Crippen LogP contribution in [0.2, 0.25) is 5.02 Å². The number of amides is 1. The van der Waals surface area contributed by atoms with E-state index < -0.39 is 5.41 Å². The van der Waals surface area contributed by atoms with Gasteiger partial charge in [0.25, 0.3) is 0 Å². The van der Waals surface area contributed by atoms with Crippen LogP contribution in [-0.4, -0.2) is 27.9 Å². The minimum atomic E-state index is -0.557. The van der Waals surface area contributed by atoms with Crippen LogP contribution in [0.1, 0.15) is 36.8 Å². The number of hydrogen-bond acceptors (Lipinski definition) is 5. The summed E-state index contributed by atoms with van der Waals surface area (Å²) in [6, 6.07) is 6.73. The predicted molar refractivity (Wildman–Crippen MR) is 101 cm³/mol. The van der Waals surface area contributed by atoms with E-state index in [0.717, 1.165) is 0 Å². The molecule has 2 rings (SSSR count). The second-order valence-corrected chi connectivity index (χ2v) is 7.66. The summed E-state index contributed by atoms with van der Waals surface area (Å²) in [6.07, 6.45) is 3.62. The zero-order chi connectivity index (χ0) is 18.6. The maximum absolute atomic E-state index is 12.6. The first-order chi connectivity index (χ1) is 11.7. The second kappa shape index (κ2) is 7.97. The molecule has 5 nitrogen and oxygen atoms in total. The Bertz CT molecular complexity index is 803. The maximum Gasteiger partial charge on any atom is 0.229 e. The molecule has 0 fully saturated rings. The Balaban J connectivity index is 2.23. The van der Waals surface area contributed by atoms with E-state index >= 15 is 0 Å². The molecule has 0 saturated carbocycles. The van der Waals surface area contributed by atoms with Crippen LogP contribution in [0.25, 0.3) is 0 Å². The third kappa shape index (κ3) is 5.03. The van der Waals surface area contributed by atoms with Gasteiger partial charge in [0.1, 0.15) is 0 Å². The van der Waals surface area contributed by atoms with Crippen LogP contribution in [0.4, 0.5) is 5.69 Å². The van der Waals surface area contributed by atoms with E-state index in [1.165, 1.54) is 11.8 Å². The van der Waals surface area contributed by atoms with Gasteiger partial charge in [-0.25, -0.2) is 9.97 Å². The van der Waals surface area contributed by atoms with Gasteiger partial charge in [0.05, 0.1) is 22.8 Å². The Kier molecular flexibility index (Phi) is 6.19. The van der Waals surface area contributed by atoms with Crippen LogP contribution in [0.15, 0.2) is 35.6 Å². The molecule has 0 bridgehead atoms. The summed E-state index contributed by atoms with van der Waals surface area (Å²) < 4.78 is 0. The molecule has 1 aromatic heterocycles. The van der Waals surface area contributed by atoms with Gasteiger partial charge in [-0.15, -0.1) is 0 Å². The molecule has 2 aromatic rings. The third-order valence-corrected chi connectivity index (χ3v) is 4.41. The van der Waals surface area contributed by atoms with E-state index in [-0.39, 0.29) is 23.1 Å². The molecular weight excluding hydrogens is 358 g/mol. The minimum Gasteiger partial charge on any atom is -0.324 e. The van der Waals surface area contributed by atoms with Gasteiger partial charge in [-0.3, -0.25) is 9.59 Å². The number of carbonyl (C=O) groups is 2. The summed E-state index contributed by atoms with van der Waals surface area (Å²) in [4.78, 5) is 33.2. The number of anilines is 1. The van der Waals surface area contributed by atoms with E-state index in [2.05, 4.69) is 15.3 Å². The molecular formula is C18H20ClN3O2S. The fourth-order valence-electron chi connectivity index (χ4n) is 1.99. The molecule has 0 spiro atoms. The van der Waals surface area contributed by atoms with Crippen molar-refractivity contribution in [3.63, 3.8) is 0 Å². The highest BCUT2D eigenvalue weighted by Gasteiger charge is 2.23. The normalized spacial score (nSPS) is 11.2. The Hall–Kier alpha value is -1.92. The summed E-state index contributed by atoms with van der Waals surface area (Å²) in [7, 11) is 0. The van der Waals surface area contributed by atoms with E-state index in [9.17, 15) is 9.59 Å².